The van der Waals surface area contributed by atoms with Gasteiger partial charge in [0.15, 0.2) is 5.96 Å². The predicted octanol–water partition coefficient (Wildman–Crippen LogP) is 3.71. The number of ether oxygens (including phenoxy) is 1. The van der Waals surface area contributed by atoms with Crippen molar-refractivity contribution in [1.82, 2.24) is 9.80 Å². The van der Waals surface area contributed by atoms with E-state index in [1.54, 1.807) is 7.11 Å². The first kappa shape index (κ1) is 20.5. The fraction of sp³-hybridized carbons (Fsp3) is 0.667. The molecule has 5 nitrogen and oxygen atoms in total. The van der Waals surface area contributed by atoms with Gasteiger partial charge in [-0.1, -0.05) is 15.9 Å². The summed E-state index contributed by atoms with van der Waals surface area (Å²) in [6, 6.07) is 6.28. The fourth-order valence-electron chi connectivity index (χ4n) is 4.39. The van der Waals surface area contributed by atoms with Crippen molar-refractivity contribution in [3.05, 3.63) is 28.2 Å². The van der Waals surface area contributed by atoms with E-state index < -0.39 is 0 Å². The Bertz CT molecular complexity index is 623. The summed E-state index contributed by atoms with van der Waals surface area (Å²) in [5.74, 6) is 2.74. The smallest absolute Gasteiger partial charge is 0.188 e. The molecule has 0 atom stereocenters. The molecular weight excluding hydrogens is 404 g/mol. The van der Waals surface area contributed by atoms with Gasteiger partial charge >= 0.3 is 0 Å². The highest BCUT2D eigenvalue weighted by atomic mass is 79.9. The molecule has 1 aromatic carbocycles. The van der Waals surface area contributed by atoms with E-state index in [9.17, 15) is 0 Å². The van der Waals surface area contributed by atoms with E-state index in [-0.39, 0.29) is 5.96 Å². The highest BCUT2D eigenvalue weighted by molar-refractivity contribution is 9.10. The second-order valence-corrected chi connectivity index (χ2v) is 8.91. The molecule has 0 saturated carbocycles. The average Bonchev–Trinajstić information content (AvgIpc) is 2.69. The molecule has 2 aliphatic rings. The first-order chi connectivity index (χ1) is 13.0. The summed E-state index contributed by atoms with van der Waals surface area (Å²) in [6.07, 6.45) is 7.35. The zero-order chi connectivity index (χ0) is 19.2. The Morgan fingerprint density at radius 3 is 2.44 bits per heavy atom. The summed E-state index contributed by atoms with van der Waals surface area (Å²) < 4.78 is 6.57. The molecule has 3 rings (SSSR count). The van der Waals surface area contributed by atoms with Crippen LogP contribution in [0, 0.1) is 17.2 Å². The summed E-state index contributed by atoms with van der Waals surface area (Å²) >= 11 is 3.69. The zero-order valence-corrected chi connectivity index (χ0v) is 18.0. The number of piperidine rings is 2. The van der Waals surface area contributed by atoms with Gasteiger partial charge in [-0.2, -0.15) is 0 Å². The van der Waals surface area contributed by atoms with Gasteiger partial charge < -0.3 is 20.3 Å². The van der Waals surface area contributed by atoms with E-state index in [4.69, 9.17) is 15.9 Å². The quantitative estimate of drug-likeness (QED) is 0.526. The molecule has 2 aliphatic heterocycles. The van der Waals surface area contributed by atoms with Crippen molar-refractivity contribution >= 4 is 21.9 Å². The Balaban J connectivity index is 1.38. The number of hydrogen-bond donors (Lipinski definition) is 2. The third-order valence-corrected chi connectivity index (χ3v) is 7.05. The normalized spacial score (nSPS) is 20.0. The van der Waals surface area contributed by atoms with Gasteiger partial charge in [0.2, 0.25) is 0 Å². The van der Waals surface area contributed by atoms with E-state index in [1.807, 2.05) is 11.0 Å². The van der Waals surface area contributed by atoms with Crippen molar-refractivity contribution in [2.75, 3.05) is 39.8 Å². The first-order valence-corrected chi connectivity index (χ1v) is 11.0. The third-order valence-electron chi connectivity index (χ3n) is 6.28. The molecule has 0 aliphatic carbocycles. The van der Waals surface area contributed by atoms with E-state index in [2.05, 4.69) is 33.0 Å². The molecule has 0 spiro atoms. The molecule has 150 valence electrons. The summed E-state index contributed by atoms with van der Waals surface area (Å²) in [4.78, 5) is 4.65. The van der Waals surface area contributed by atoms with Crippen LogP contribution in [-0.2, 0) is 6.42 Å². The van der Waals surface area contributed by atoms with Gasteiger partial charge in [-0.15, -0.1) is 0 Å². The second kappa shape index (κ2) is 9.78. The molecule has 6 heteroatoms. The Morgan fingerprint density at radius 1 is 1.15 bits per heavy atom. The van der Waals surface area contributed by atoms with Crippen LogP contribution >= 0.6 is 15.9 Å². The number of guanidine groups is 1. The van der Waals surface area contributed by atoms with Gasteiger partial charge in [0, 0.05) is 17.6 Å². The number of hydrogen-bond acceptors (Lipinski definition) is 3. The number of likely N-dealkylation sites (tertiary alicyclic amines) is 2. The van der Waals surface area contributed by atoms with Crippen LogP contribution in [0.15, 0.2) is 22.7 Å². The molecular formula is C21H33BrN4O. The Kier molecular flexibility index (Phi) is 7.41. The Morgan fingerprint density at radius 2 is 1.81 bits per heavy atom. The van der Waals surface area contributed by atoms with Crippen LogP contribution in [-0.4, -0.2) is 55.6 Å². The lowest BCUT2D eigenvalue weighted by Crippen LogP contribution is -2.43. The van der Waals surface area contributed by atoms with Crippen LogP contribution in [0.25, 0.3) is 0 Å². The zero-order valence-electron chi connectivity index (χ0n) is 16.4. The standard InChI is InChI=1S/C21H33BrN4O/c1-27-19-2-3-20(22)18(15-19)14-17-5-10-25(11-6-17)9-4-16-7-12-26(13-8-16)21(23)24/h2-3,15-17H,4-14H2,1H3,(H3,23,24). The third kappa shape index (κ3) is 5.85. The topological polar surface area (TPSA) is 65.6 Å². The molecule has 2 heterocycles. The molecule has 0 bridgehead atoms. The summed E-state index contributed by atoms with van der Waals surface area (Å²) in [7, 11) is 1.73. The lowest BCUT2D eigenvalue weighted by Gasteiger charge is -2.35. The minimum atomic E-state index is 0.234. The van der Waals surface area contributed by atoms with Gasteiger partial charge in [0.25, 0.3) is 0 Å². The maximum absolute atomic E-state index is 7.54. The highest BCUT2D eigenvalue weighted by Crippen LogP contribution is 2.29. The minimum Gasteiger partial charge on any atom is -0.497 e. The van der Waals surface area contributed by atoms with Crippen molar-refractivity contribution in [3.63, 3.8) is 0 Å². The number of halogens is 1. The Hall–Kier alpha value is -1.27. The number of rotatable bonds is 6. The maximum atomic E-state index is 7.54. The maximum Gasteiger partial charge on any atom is 0.188 e. The molecule has 1 aromatic rings. The van der Waals surface area contributed by atoms with Gasteiger partial charge in [0.1, 0.15) is 5.75 Å². The largest absolute Gasteiger partial charge is 0.497 e. The number of methoxy groups -OCH3 is 1. The van der Waals surface area contributed by atoms with Crippen LogP contribution < -0.4 is 10.5 Å². The van der Waals surface area contributed by atoms with Gasteiger partial charge in [-0.05, 0) is 93.8 Å². The molecule has 0 radical (unpaired) electrons. The predicted molar refractivity (Wildman–Crippen MR) is 114 cm³/mol. The second-order valence-electron chi connectivity index (χ2n) is 8.05. The lowest BCUT2D eigenvalue weighted by atomic mass is 9.89. The van der Waals surface area contributed by atoms with E-state index in [0.29, 0.717) is 0 Å². The van der Waals surface area contributed by atoms with Gasteiger partial charge in [0.05, 0.1) is 7.11 Å². The fourth-order valence-corrected chi connectivity index (χ4v) is 4.80. The molecule has 2 saturated heterocycles. The van der Waals surface area contributed by atoms with Gasteiger partial charge in [-0.25, -0.2) is 0 Å². The number of benzene rings is 1. The van der Waals surface area contributed by atoms with Crippen molar-refractivity contribution in [2.45, 2.75) is 38.5 Å². The molecule has 3 N–H and O–H groups in total. The molecule has 0 amide bonds. The van der Waals surface area contributed by atoms with Crippen LogP contribution in [0.3, 0.4) is 0 Å². The average molecular weight is 437 g/mol. The van der Waals surface area contributed by atoms with E-state index >= 15 is 0 Å². The monoisotopic (exact) mass is 436 g/mol. The lowest BCUT2D eigenvalue weighted by molar-refractivity contribution is 0.160. The highest BCUT2D eigenvalue weighted by Gasteiger charge is 2.23. The number of nitrogens with one attached hydrogen (secondary N) is 1. The number of nitrogens with zero attached hydrogens (tertiary/aromatic N) is 2. The summed E-state index contributed by atoms with van der Waals surface area (Å²) in [5, 5.41) is 7.54. The van der Waals surface area contributed by atoms with Crippen LogP contribution in [0.5, 0.6) is 5.75 Å². The van der Waals surface area contributed by atoms with E-state index in [1.165, 1.54) is 61.8 Å². The van der Waals surface area contributed by atoms with Crippen molar-refractivity contribution in [3.8, 4) is 5.75 Å². The number of nitrogens with two attached hydrogens (primary N) is 1. The van der Waals surface area contributed by atoms with Crippen LogP contribution in [0.2, 0.25) is 0 Å². The molecule has 0 aromatic heterocycles. The first-order valence-electron chi connectivity index (χ1n) is 10.2. The summed E-state index contributed by atoms with van der Waals surface area (Å²) in [5.41, 5.74) is 6.95. The SMILES string of the molecule is COc1ccc(Br)c(CC2CCN(CCC3CCN(C(=N)N)CC3)CC2)c1. The van der Waals surface area contributed by atoms with Crippen molar-refractivity contribution in [1.29, 1.82) is 5.41 Å². The molecule has 2 fully saturated rings. The van der Waals surface area contributed by atoms with Crippen LogP contribution in [0.4, 0.5) is 0 Å². The van der Waals surface area contributed by atoms with Crippen molar-refractivity contribution < 1.29 is 4.74 Å². The molecule has 0 unspecified atom stereocenters. The molecule has 27 heavy (non-hydrogen) atoms. The summed E-state index contributed by atoms with van der Waals surface area (Å²) in [6.45, 7) is 5.58. The Labute approximate surface area is 171 Å². The van der Waals surface area contributed by atoms with Crippen molar-refractivity contribution in [2.24, 2.45) is 17.6 Å². The van der Waals surface area contributed by atoms with E-state index in [0.717, 1.165) is 37.1 Å². The minimum absolute atomic E-state index is 0.234. The van der Waals surface area contributed by atoms with Gasteiger partial charge in [-0.3, -0.25) is 5.41 Å². The van der Waals surface area contributed by atoms with Crippen LogP contribution in [0.1, 0.15) is 37.7 Å².